The van der Waals surface area contributed by atoms with Crippen molar-refractivity contribution in [3.05, 3.63) is 104 Å². The van der Waals surface area contributed by atoms with Gasteiger partial charge in [-0.3, -0.25) is 9.59 Å². The Morgan fingerprint density at radius 3 is 2.58 bits per heavy atom. The summed E-state index contributed by atoms with van der Waals surface area (Å²) in [5.74, 6) is -1.96. The van der Waals surface area contributed by atoms with Gasteiger partial charge in [0.05, 0.1) is 21.7 Å². The maximum absolute atomic E-state index is 13.2. The van der Waals surface area contributed by atoms with Crippen molar-refractivity contribution in [2.75, 3.05) is 6.54 Å². The second-order valence-electron chi connectivity index (χ2n) is 9.80. The number of para-hydroxylation sites is 1. The van der Waals surface area contributed by atoms with Crippen molar-refractivity contribution in [3.8, 4) is 0 Å². The van der Waals surface area contributed by atoms with E-state index in [-0.39, 0.29) is 40.2 Å². The molecule has 0 spiro atoms. The number of fused-ring (bicyclic) bond motifs is 2. The molecular formula is C30H26Cl2N2O6. The minimum atomic E-state index is -1.25. The lowest BCUT2D eigenvalue weighted by atomic mass is 9.96. The number of hydrogen-bond acceptors (Lipinski definition) is 5. The van der Waals surface area contributed by atoms with E-state index in [1.54, 1.807) is 54.3 Å². The second-order valence-corrected chi connectivity index (χ2v) is 10.6. The zero-order valence-electron chi connectivity index (χ0n) is 21.5. The molecule has 8 nitrogen and oxygen atoms in total. The molecule has 3 N–H and O–H groups in total. The highest BCUT2D eigenvalue weighted by atomic mass is 35.5. The van der Waals surface area contributed by atoms with Gasteiger partial charge in [0, 0.05) is 24.9 Å². The van der Waals surface area contributed by atoms with Gasteiger partial charge in [0.15, 0.2) is 5.76 Å². The van der Waals surface area contributed by atoms with E-state index in [0.717, 1.165) is 5.39 Å². The van der Waals surface area contributed by atoms with Gasteiger partial charge in [0.2, 0.25) is 0 Å². The zero-order chi connectivity index (χ0) is 28.6. The van der Waals surface area contributed by atoms with Crippen molar-refractivity contribution in [2.45, 2.75) is 38.5 Å². The van der Waals surface area contributed by atoms with E-state index >= 15 is 0 Å². The Kier molecular flexibility index (Phi) is 7.85. The average Bonchev–Trinajstić information content (AvgIpc) is 3.36. The Morgan fingerprint density at radius 2 is 1.85 bits per heavy atom. The zero-order valence-corrected chi connectivity index (χ0v) is 23.0. The Bertz CT molecular complexity index is 1600. The van der Waals surface area contributed by atoms with Gasteiger partial charge in [-0.15, -0.1) is 0 Å². The van der Waals surface area contributed by atoms with Crippen LogP contribution in [-0.2, 0) is 24.2 Å². The van der Waals surface area contributed by atoms with Crippen LogP contribution in [0.25, 0.3) is 11.0 Å². The fourth-order valence-electron chi connectivity index (χ4n) is 4.92. The highest BCUT2D eigenvalue weighted by molar-refractivity contribution is 6.40. The molecule has 5 rings (SSSR count). The normalized spacial score (nSPS) is 14.4. The fourth-order valence-corrected chi connectivity index (χ4v) is 5.69. The maximum atomic E-state index is 13.2. The van der Waals surface area contributed by atoms with Crippen LogP contribution in [0.2, 0.25) is 10.0 Å². The van der Waals surface area contributed by atoms with E-state index in [1.807, 2.05) is 18.2 Å². The Labute approximate surface area is 240 Å². The van der Waals surface area contributed by atoms with Crippen LogP contribution in [-0.4, -0.2) is 45.5 Å². The number of hydrogen-bond donors (Lipinski definition) is 3. The number of carbonyl (C=O) groups is 3. The molecule has 0 saturated carbocycles. The van der Waals surface area contributed by atoms with Crippen LogP contribution in [0.3, 0.4) is 0 Å². The maximum Gasteiger partial charge on any atom is 0.326 e. The van der Waals surface area contributed by atoms with E-state index in [2.05, 4.69) is 5.32 Å². The van der Waals surface area contributed by atoms with Gasteiger partial charge in [-0.1, -0.05) is 65.7 Å². The molecule has 3 aromatic carbocycles. The predicted molar refractivity (Wildman–Crippen MR) is 151 cm³/mol. The largest absolute Gasteiger partial charge is 0.480 e. The number of carboxylic acid groups (broad SMARTS) is 1. The van der Waals surface area contributed by atoms with Crippen LogP contribution in [0.1, 0.15) is 56.2 Å². The first-order valence-corrected chi connectivity index (χ1v) is 13.5. The summed E-state index contributed by atoms with van der Waals surface area (Å²) in [6.07, 6.45) is -0.330. The van der Waals surface area contributed by atoms with Crippen molar-refractivity contribution < 1.29 is 29.0 Å². The summed E-state index contributed by atoms with van der Waals surface area (Å²) in [5.41, 5.74) is 3.28. The number of aliphatic carboxylic acids is 1. The molecule has 0 bridgehead atoms. The third kappa shape index (κ3) is 5.56. The summed E-state index contributed by atoms with van der Waals surface area (Å²) in [4.78, 5) is 40.0. The van der Waals surface area contributed by atoms with Crippen molar-refractivity contribution in [3.63, 3.8) is 0 Å². The summed E-state index contributed by atoms with van der Waals surface area (Å²) in [6.45, 7) is 2.19. The number of carbonyl (C=O) groups excluding carboxylic acids is 2. The third-order valence-corrected chi connectivity index (χ3v) is 7.75. The SMILES string of the molecule is CC(O)c1cccc(C[C@H](NC(=O)c2c(Cl)cc3c(c2Cl)CCN(C(=O)c2cc4ccccc4o2)C3)C(=O)O)c1. The van der Waals surface area contributed by atoms with Gasteiger partial charge in [-0.2, -0.15) is 0 Å². The predicted octanol–water partition coefficient (Wildman–Crippen LogP) is 5.42. The topological polar surface area (TPSA) is 120 Å². The van der Waals surface area contributed by atoms with E-state index in [0.29, 0.717) is 40.8 Å². The number of aliphatic hydroxyl groups is 1. The van der Waals surface area contributed by atoms with Crippen LogP contribution in [0.5, 0.6) is 0 Å². The fraction of sp³-hybridized carbons (Fsp3) is 0.233. The standard InChI is InChI=1S/C30H26Cl2N2O6/c1-16(35)18-7-4-5-17(11-18)12-23(30(38)39)33-28(36)26-22(31)13-20-15-34(10-9-21(20)27(26)32)29(37)25-14-19-6-2-3-8-24(19)40-25/h2-8,11,13-14,16,23,35H,9-10,12,15H2,1H3,(H,33,36)(H,38,39)/t16?,23-/m0/s1. The minimum Gasteiger partial charge on any atom is -0.480 e. The molecule has 2 amide bonds. The number of rotatable bonds is 7. The molecule has 1 aliphatic rings. The summed E-state index contributed by atoms with van der Waals surface area (Å²) in [7, 11) is 0. The first kappa shape index (κ1) is 27.7. The quantitative estimate of drug-likeness (QED) is 0.268. The van der Waals surface area contributed by atoms with Gasteiger partial charge in [0.25, 0.3) is 11.8 Å². The van der Waals surface area contributed by atoms with Crippen molar-refractivity contribution in [1.82, 2.24) is 10.2 Å². The molecule has 0 fully saturated rings. The molecule has 2 atom stereocenters. The molecule has 1 aliphatic heterocycles. The monoisotopic (exact) mass is 580 g/mol. The number of aliphatic hydroxyl groups excluding tert-OH is 1. The molecule has 4 aromatic rings. The molecule has 2 heterocycles. The molecular weight excluding hydrogens is 555 g/mol. The van der Waals surface area contributed by atoms with Gasteiger partial charge in [-0.05, 0) is 53.8 Å². The first-order valence-electron chi connectivity index (χ1n) is 12.7. The summed E-state index contributed by atoms with van der Waals surface area (Å²) >= 11 is 13.2. The third-order valence-electron chi connectivity index (χ3n) is 7.03. The molecule has 0 aliphatic carbocycles. The summed E-state index contributed by atoms with van der Waals surface area (Å²) in [6, 6.07) is 16.3. The van der Waals surface area contributed by atoms with Crippen LogP contribution >= 0.6 is 23.2 Å². The van der Waals surface area contributed by atoms with Gasteiger partial charge >= 0.3 is 5.97 Å². The number of halogens is 2. The van der Waals surface area contributed by atoms with Crippen LogP contribution < -0.4 is 5.32 Å². The first-order chi connectivity index (χ1) is 19.1. The second kappa shape index (κ2) is 11.3. The van der Waals surface area contributed by atoms with E-state index < -0.39 is 24.0 Å². The number of furan rings is 1. The van der Waals surface area contributed by atoms with E-state index in [4.69, 9.17) is 27.6 Å². The van der Waals surface area contributed by atoms with Gasteiger partial charge in [-0.25, -0.2) is 4.79 Å². The molecule has 0 saturated heterocycles. The molecule has 0 radical (unpaired) electrons. The van der Waals surface area contributed by atoms with Crippen LogP contribution in [0, 0.1) is 0 Å². The summed E-state index contributed by atoms with van der Waals surface area (Å²) < 4.78 is 5.73. The van der Waals surface area contributed by atoms with E-state index in [9.17, 15) is 24.6 Å². The van der Waals surface area contributed by atoms with Gasteiger partial charge in [0.1, 0.15) is 11.6 Å². The lowest BCUT2D eigenvalue weighted by Gasteiger charge is -2.30. The van der Waals surface area contributed by atoms with E-state index in [1.165, 1.54) is 0 Å². The van der Waals surface area contributed by atoms with Crippen molar-refractivity contribution >= 4 is 52.0 Å². The molecule has 10 heteroatoms. The lowest BCUT2D eigenvalue weighted by Crippen LogP contribution is -2.42. The Morgan fingerprint density at radius 1 is 1.07 bits per heavy atom. The number of nitrogens with zero attached hydrogens (tertiary/aromatic N) is 1. The minimum absolute atomic E-state index is 0.000669. The number of carboxylic acids is 1. The molecule has 1 aromatic heterocycles. The highest BCUT2D eigenvalue weighted by Gasteiger charge is 2.30. The molecule has 40 heavy (non-hydrogen) atoms. The number of amides is 2. The Balaban J connectivity index is 1.34. The lowest BCUT2D eigenvalue weighted by molar-refractivity contribution is -0.139. The number of benzene rings is 3. The number of nitrogens with one attached hydrogen (secondary N) is 1. The molecule has 1 unspecified atom stereocenters. The highest BCUT2D eigenvalue weighted by Crippen LogP contribution is 2.35. The Hall–Kier alpha value is -3.85. The smallest absolute Gasteiger partial charge is 0.326 e. The van der Waals surface area contributed by atoms with Crippen LogP contribution in [0.4, 0.5) is 0 Å². The van der Waals surface area contributed by atoms with Crippen molar-refractivity contribution in [2.24, 2.45) is 0 Å². The molecule has 206 valence electrons. The van der Waals surface area contributed by atoms with Crippen LogP contribution in [0.15, 0.2) is 65.1 Å². The average molecular weight is 581 g/mol. The van der Waals surface area contributed by atoms with Gasteiger partial charge < -0.3 is 24.8 Å². The van der Waals surface area contributed by atoms with Crippen molar-refractivity contribution in [1.29, 1.82) is 0 Å². The summed E-state index contributed by atoms with van der Waals surface area (Å²) in [5, 5.41) is 23.2.